The number of nitrogens with zero attached hydrogens (tertiary/aromatic N) is 2. The van der Waals surface area contributed by atoms with Crippen molar-refractivity contribution in [1.29, 1.82) is 5.26 Å². The van der Waals surface area contributed by atoms with Crippen LogP contribution in [0, 0.1) is 33.8 Å². The molecule has 1 aromatic carbocycles. The van der Waals surface area contributed by atoms with Crippen LogP contribution in [0.15, 0.2) is 16.6 Å². The zero-order valence-corrected chi connectivity index (χ0v) is 13.4. The lowest BCUT2D eigenvalue weighted by molar-refractivity contribution is -0.386. The van der Waals surface area contributed by atoms with Gasteiger partial charge < -0.3 is 4.74 Å². The summed E-state index contributed by atoms with van der Waals surface area (Å²) in [7, 11) is 0. The van der Waals surface area contributed by atoms with E-state index < -0.39 is 10.3 Å². The molecule has 6 heteroatoms. The first kappa shape index (κ1) is 16.4. The topological polar surface area (TPSA) is 76.2 Å². The maximum atomic E-state index is 11.0. The molecule has 0 heterocycles. The molecule has 0 aliphatic carbocycles. The minimum Gasteiger partial charge on any atom is -0.487 e. The van der Waals surface area contributed by atoms with Crippen molar-refractivity contribution < 1.29 is 9.66 Å². The van der Waals surface area contributed by atoms with Gasteiger partial charge in [0.2, 0.25) is 0 Å². The van der Waals surface area contributed by atoms with E-state index in [0.717, 1.165) is 0 Å². The van der Waals surface area contributed by atoms with Gasteiger partial charge in [-0.2, -0.15) is 5.26 Å². The van der Waals surface area contributed by atoms with Crippen LogP contribution >= 0.6 is 15.9 Å². The Balaban J connectivity index is 2.74. The van der Waals surface area contributed by atoms with Gasteiger partial charge >= 0.3 is 5.69 Å². The number of hydrogen-bond donors (Lipinski definition) is 0. The van der Waals surface area contributed by atoms with Crippen LogP contribution in [-0.2, 0) is 0 Å². The van der Waals surface area contributed by atoms with E-state index in [9.17, 15) is 10.1 Å². The largest absolute Gasteiger partial charge is 0.487 e. The van der Waals surface area contributed by atoms with E-state index in [0.29, 0.717) is 35.2 Å². The molecule has 0 atom stereocenters. The van der Waals surface area contributed by atoms with Gasteiger partial charge in [0.05, 0.1) is 23.0 Å². The lowest BCUT2D eigenvalue weighted by atomic mass is 9.90. The van der Waals surface area contributed by atoms with E-state index >= 15 is 0 Å². The normalized spacial score (nSPS) is 10.9. The summed E-state index contributed by atoms with van der Waals surface area (Å²) < 4.78 is 6.20. The molecule has 1 rings (SSSR count). The van der Waals surface area contributed by atoms with Crippen molar-refractivity contribution in [1.82, 2.24) is 0 Å². The smallest absolute Gasteiger partial charge is 0.312 e. The average Bonchev–Trinajstić information content (AvgIpc) is 2.35. The van der Waals surface area contributed by atoms with E-state index in [2.05, 4.69) is 22.0 Å². The van der Waals surface area contributed by atoms with Crippen LogP contribution in [0.2, 0.25) is 0 Å². The van der Waals surface area contributed by atoms with Crippen LogP contribution in [0.5, 0.6) is 5.75 Å². The molecule has 0 unspecified atom stereocenters. The highest BCUT2D eigenvalue weighted by molar-refractivity contribution is 9.10. The summed E-state index contributed by atoms with van der Waals surface area (Å²) in [6.07, 6.45) is 1.36. The third-order valence-electron chi connectivity index (χ3n) is 2.91. The van der Waals surface area contributed by atoms with Gasteiger partial charge in [-0.25, -0.2) is 0 Å². The molecule has 0 saturated carbocycles. The van der Waals surface area contributed by atoms with Crippen LogP contribution in [0.25, 0.3) is 0 Å². The van der Waals surface area contributed by atoms with Crippen molar-refractivity contribution in [3.8, 4) is 11.8 Å². The van der Waals surface area contributed by atoms with Crippen molar-refractivity contribution in [3.05, 3.63) is 32.3 Å². The Labute approximate surface area is 126 Å². The number of benzene rings is 1. The van der Waals surface area contributed by atoms with Crippen LogP contribution in [0.1, 0.15) is 32.3 Å². The van der Waals surface area contributed by atoms with Crippen molar-refractivity contribution in [3.63, 3.8) is 0 Å². The fraction of sp³-hybridized carbons (Fsp3) is 0.500. The molecule has 0 amide bonds. The number of hydrogen-bond acceptors (Lipinski definition) is 4. The van der Waals surface area contributed by atoms with E-state index in [1.807, 2.05) is 13.8 Å². The number of nitro groups is 1. The van der Waals surface area contributed by atoms with Crippen molar-refractivity contribution >= 4 is 21.6 Å². The fourth-order valence-corrected chi connectivity index (χ4v) is 2.34. The minimum atomic E-state index is -0.452. The average molecular weight is 341 g/mol. The number of aryl methyl sites for hydroxylation is 1. The van der Waals surface area contributed by atoms with Gasteiger partial charge in [0.1, 0.15) is 0 Å². The first-order chi connectivity index (χ1) is 9.26. The lowest BCUT2D eigenvalue weighted by Gasteiger charge is -2.15. The molecule has 0 aliphatic heterocycles. The summed E-state index contributed by atoms with van der Waals surface area (Å²) in [6, 6.07) is 5.43. The molecule has 5 nitrogen and oxygen atoms in total. The number of rotatable bonds is 6. The molecule has 0 bridgehead atoms. The first-order valence-corrected chi connectivity index (χ1v) is 7.05. The number of halogens is 1. The SMILES string of the molecule is Cc1cc(Br)cc([N+](=O)[O-])c1OCCCC(C)(C)C#N. The van der Waals surface area contributed by atoms with Gasteiger partial charge in [-0.1, -0.05) is 15.9 Å². The summed E-state index contributed by atoms with van der Waals surface area (Å²) in [6.45, 7) is 5.85. The summed E-state index contributed by atoms with van der Waals surface area (Å²) in [4.78, 5) is 10.6. The highest BCUT2D eigenvalue weighted by atomic mass is 79.9. The third kappa shape index (κ3) is 4.49. The second kappa shape index (κ2) is 6.71. The van der Waals surface area contributed by atoms with Crippen molar-refractivity contribution in [2.45, 2.75) is 33.6 Å². The van der Waals surface area contributed by atoms with Crippen LogP contribution in [0.4, 0.5) is 5.69 Å². The van der Waals surface area contributed by atoms with E-state index in [1.54, 1.807) is 13.0 Å². The molecule has 108 valence electrons. The quantitative estimate of drug-likeness (QED) is 0.437. The Bertz CT molecular complexity index is 550. The molecule has 0 saturated heterocycles. The van der Waals surface area contributed by atoms with Crippen LogP contribution in [-0.4, -0.2) is 11.5 Å². The van der Waals surface area contributed by atoms with Gasteiger partial charge in [0, 0.05) is 10.5 Å². The maximum Gasteiger partial charge on any atom is 0.312 e. The van der Waals surface area contributed by atoms with Crippen LogP contribution < -0.4 is 4.74 Å². The molecule has 0 aromatic heterocycles. The molecule has 0 spiro atoms. The lowest BCUT2D eigenvalue weighted by Crippen LogP contribution is -2.10. The molecule has 0 aliphatic rings. The Kier molecular flexibility index (Phi) is 5.52. The molecule has 20 heavy (non-hydrogen) atoms. The molecular weight excluding hydrogens is 324 g/mol. The standard InChI is InChI=1S/C14H17BrN2O3/c1-10-7-11(15)8-12(17(18)19)13(10)20-6-4-5-14(2,3)9-16/h7-8H,4-6H2,1-3H3. The number of nitro benzene ring substituents is 1. The van der Waals surface area contributed by atoms with Crippen molar-refractivity contribution in [2.24, 2.45) is 5.41 Å². The van der Waals surface area contributed by atoms with E-state index in [-0.39, 0.29) is 5.69 Å². The predicted molar refractivity (Wildman–Crippen MR) is 79.7 cm³/mol. The van der Waals surface area contributed by atoms with Crippen LogP contribution in [0.3, 0.4) is 0 Å². The summed E-state index contributed by atoms with van der Waals surface area (Å²) in [5.41, 5.74) is 0.270. The van der Waals surface area contributed by atoms with E-state index in [4.69, 9.17) is 10.00 Å². The Hall–Kier alpha value is -1.61. The van der Waals surface area contributed by atoms with Gasteiger partial charge in [0.25, 0.3) is 0 Å². The monoisotopic (exact) mass is 340 g/mol. The highest BCUT2D eigenvalue weighted by Gasteiger charge is 2.20. The number of ether oxygens (including phenoxy) is 1. The second-order valence-corrected chi connectivity index (χ2v) is 6.19. The molecule has 1 aromatic rings. The molecule has 0 fully saturated rings. The maximum absolute atomic E-state index is 11.0. The van der Waals surface area contributed by atoms with Gasteiger partial charge in [-0.3, -0.25) is 10.1 Å². The van der Waals surface area contributed by atoms with Gasteiger partial charge in [0.15, 0.2) is 5.75 Å². The highest BCUT2D eigenvalue weighted by Crippen LogP contribution is 2.34. The summed E-state index contributed by atoms with van der Waals surface area (Å²) in [5, 5.41) is 19.9. The van der Waals surface area contributed by atoms with E-state index in [1.165, 1.54) is 6.07 Å². The molecular formula is C14H17BrN2O3. The summed E-state index contributed by atoms with van der Waals surface area (Å²) >= 11 is 3.24. The Morgan fingerprint density at radius 1 is 1.50 bits per heavy atom. The zero-order valence-electron chi connectivity index (χ0n) is 11.8. The third-order valence-corrected chi connectivity index (χ3v) is 3.37. The molecule has 0 N–H and O–H groups in total. The summed E-state index contributed by atoms with van der Waals surface area (Å²) in [5.74, 6) is 0.299. The van der Waals surface area contributed by atoms with Crippen molar-refractivity contribution in [2.75, 3.05) is 6.61 Å². The van der Waals surface area contributed by atoms with Gasteiger partial charge in [-0.15, -0.1) is 0 Å². The Morgan fingerprint density at radius 2 is 2.15 bits per heavy atom. The molecule has 0 radical (unpaired) electrons. The fourth-order valence-electron chi connectivity index (χ4n) is 1.78. The minimum absolute atomic E-state index is 0.0450. The second-order valence-electron chi connectivity index (χ2n) is 5.28. The Morgan fingerprint density at radius 3 is 2.70 bits per heavy atom. The van der Waals surface area contributed by atoms with Gasteiger partial charge in [-0.05, 0) is 45.2 Å². The first-order valence-electron chi connectivity index (χ1n) is 6.25. The predicted octanol–water partition coefficient (Wildman–Crippen LogP) is 4.37. The number of nitriles is 1. The zero-order chi connectivity index (χ0) is 15.3.